The van der Waals surface area contributed by atoms with Crippen LogP contribution in [0.5, 0.6) is 0 Å². The molecule has 0 saturated carbocycles. The first-order valence-corrected chi connectivity index (χ1v) is 7.48. The van der Waals surface area contributed by atoms with Gasteiger partial charge in [0.25, 0.3) is 11.5 Å². The summed E-state index contributed by atoms with van der Waals surface area (Å²) in [6.45, 7) is 4.49. The van der Waals surface area contributed by atoms with Crippen molar-refractivity contribution in [3.63, 3.8) is 0 Å². The van der Waals surface area contributed by atoms with Crippen molar-refractivity contribution in [3.8, 4) is 0 Å². The lowest BCUT2D eigenvalue weighted by atomic mass is 10.0. The second-order valence-electron chi connectivity index (χ2n) is 5.54. The van der Waals surface area contributed by atoms with Crippen molar-refractivity contribution < 1.29 is 14.3 Å². The lowest BCUT2D eigenvalue weighted by Crippen LogP contribution is -2.46. The minimum Gasteiger partial charge on any atom is -0.383 e. The van der Waals surface area contributed by atoms with Crippen LogP contribution in [0.1, 0.15) is 30.8 Å². The summed E-state index contributed by atoms with van der Waals surface area (Å²) in [5, 5.41) is 9.20. The lowest BCUT2D eigenvalue weighted by Gasteiger charge is -2.19. The fraction of sp³-hybridized carbons (Fsp3) is 0.600. The number of aromatic nitrogens is 2. The third kappa shape index (κ3) is 5.82. The molecule has 0 aliphatic heterocycles. The van der Waals surface area contributed by atoms with Gasteiger partial charge in [-0.05, 0) is 18.4 Å². The van der Waals surface area contributed by atoms with Gasteiger partial charge in [0.2, 0.25) is 5.91 Å². The highest BCUT2D eigenvalue weighted by atomic mass is 16.5. The Hall–Kier alpha value is -2.22. The van der Waals surface area contributed by atoms with E-state index < -0.39 is 11.9 Å². The molecule has 0 radical (unpaired) electrons. The Labute approximate surface area is 135 Å². The fourth-order valence-electron chi connectivity index (χ4n) is 2.02. The smallest absolute Gasteiger partial charge is 0.272 e. The number of amides is 2. The molecule has 8 nitrogen and oxygen atoms in total. The van der Waals surface area contributed by atoms with Crippen molar-refractivity contribution in [1.29, 1.82) is 0 Å². The van der Waals surface area contributed by atoms with E-state index in [9.17, 15) is 14.4 Å². The zero-order valence-electron chi connectivity index (χ0n) is 14.0. The molecular weight excluding hydrogens is 300 g/mol. The molecule has 0 aromatic carbocycles. The van der Waals surface area contributed by atoms with Crippen LogP contribution in [0.15, 0.2) is 16.9 Å². The third-order valence-corrected chi connectivity index (χ3v) is 3.18. The standard InChI is InChI=1S/C15H24N4O4/c1-10(2)9-12(14(21)16-3)17-15(22)11-5-6-13(20)19(18-11)7-8-23-4/h5-6,10,12H,7-9H2,1-4H3,(H,16,21)(H,17,22)/t12-/m1/s1. The van der Waals surface area contributed by atoms with Gasteiger partial charge in [-0.3, -0.25) is 14.4 Å². The van der Waals surface area contributed by atoms with Gasteiger partial charge in [0.15, 0.2) is 0 Å². The molecule has 0 unspecified atom stereocenters. The molecule has 0 bridgehead atoms. The van der Waals surface area contributed by atoms with Crippen LogP contribution in [0.4, 0.5) is 0 Å². The number of nitrogens with one attached hydrogen (secondary N) is 2. The average molecular weight is 324 g/mol. The number of likely N-dealkylation sites (N-methyl/N-ethyl adjacent to an activating group) is 1. The number of carbonyl (C=O) groups is 2. The van der Waals surface area contributed by atoms with Gasteiger partial charge >= 0.3 is 0 Å². The Morgan fingerprint density at radius 2 is 2.04 bits per heavy atom. The Morgan fingerprint density at radius 3 is 2.61 bits per heavy atom. The minimum absolute atomic E-state index is 0.0818. The van der Waals surface area contributed by atoms with E-state index in [4.69, 9.17) is 4.74 Å². The van der Waals surface area contributed by atoms with Crippen molar-refractivity contribution in [2.24, 2.45) is 5.92 Å². The van der Waals surface area contributed by atoms with Gasteiger partial charge in [-0.25, -0.2) is 4.68 Å². The molecule has 2 N–H and O–H groups in total. The third-order valence-electron chi connectivity index (χ3n) is 3.18. The maximum Gasteiger partial charge on any atom is 0.272 e. The van der Waals surface area contributed by atoms with E-state index in [1.54, 1.807) is 0 Å². The summed E-state index contributed by atoms with van der Waals surface area (Å²) in [6, 6.07) is 1.97. The van der Waals surface area contributed by atoms with Crippen LogP contribution < -0.4 is 16.2 Å². The Kier molecular flexibility index (Phi) is 7.40. The number of nitrogens with zero attached hydrogens (tertiary/aromatic N) is 2. The first-order chi connectivity index (χ1) is 10.9. The fourth-order valence-corrected chi connectivity index (χ4v) is 2.02. The minimum atomic E-state index is -0.645. The average Bonchev–Trinajstić information content (AvgIpc) is 2.52. The molecule has 128 valence electrons. The SMILES string of the molecule is CNC(=O)[C@@H](CC(C)C)NC(=O)c1ccc(=O)n(CCOC)n1. The molecule has 0 aliphatic carbocycles. The monoisotopic (exact) mass is 324 g/mol. The lowest BCUT2D eigenvalue weighted by molar-refractivity contribution is -0.122. The summed E-state index contributed by atoms with van der Waals surface area (Å²) in [7, 11) is 3.03. The van der Waals surface area contributed by atoms with E-state index >= 15 is 0 Å². The molecule has 1 rings (SSSR count). The first-order valence-electron chi connectivity index (χ1n) is 7.48. The van der Waals surface area contributed by atoms with Crippen molar-refractivity contribution in [2.75, 3.05) is 20.8 Å². The Morgan fingerprint density at radius 1 is 1.35 bits per heavy atom. The molecule has 1 aromatic heterocycles. The summed E-state index contributed by atoms with van der Waals surface area (Å²) in [5.41, 5.74) is -0.234. The molecule has 0 aliphatic rings. The van der Waals surface area contributed by atoms with Crippen LogP contribution in [0.2, 0.25) is 0 Å². The van der Waals surface area contributed by atoms with Crippen LogP contribution in [-0.2, 0) is 16.1 Å². The normalized spacial score (nSPS) is 12.0. The van der Waals surface area contributed by atoms with E-state index in [0.29, 0.717) is 13.0 Å². The Bertz CT molecular complexity index is 597. The van der Waals surface area contributed by atoms with Crippen LogP contribution in [-0.4, -0.2) is 48.4 Å². The predicted molar refractivity (Wildman–Crippen MR) is 85.1 cm³/mol. The largest absolute Gasteiger partial charge is 0.383 e. The van der Waals surface area contributed by atoms with E-state index in [-0.39, 0.29) is 29.6 Å². The number of carbonyl (C=O) groups excluding carboxylic acids is 2. The zero-order chi connectivity index (χ0) is 17.4. The van der Waals surface area contributed by atoms with E-state index in [1.165, 1.54) is 26.3 Å². The second-order valence-corrected chi connectivity index (χ2v) is 5.54. The summed E-state index contributed by atoms with van der Waals surface area (Å²) < 4.78 is 6.06. The molecule has 1 heterocycles. The first kappa shape index (κ1) is 18.8. The van der Waals surface area contributed by atoms with Crippen molar-refractivity contribution >= 4 is 11.8 Å². The summed E-state index contributed by atoms with van der Waals surface area (Å²) in [5.74, 6) is -0.522. The molecule has 0 spiro atoms. The van der Waals surface area contributed by atoms with Gasteiger partial charge in [-0.1, -0.05) is 13.8 Å². The molecular formula is C15H24N4O4. The van der Waals surface area contributed by atoms with E-state index in [1.807, 2.05) is 13.8 Å². The molecule has 2 amide bonds. The van der Waals surface area contributed by atoms with E-state index in [0.717, 1.165) is 4.68 Å². The van der Waals surface area contributed by atoms with Crippen LogP contribution in [0.25, 0.3) is 0 Å². The van der Waals surface area contributed by atoms with Crippen molar-refractivity contribution in [2.45, 2.75) is 32.9 Å². The zero-order valence-corrected chi connectivity index (χ0v) is 14.0. The van der Waals surface area contributed by atoms with Gasteiger partial charge in [-0.15, -0.1) is 0 Å². The summed E-state index contributed by atoms with van der Waals surface area (Å²) in [4.78, 5) is 35.8. The summed E-state index contributed by atoms with van der Waals surface area (Å²) in [6.07, 6.45) is 0.509. The highest BCUT2D eigenvalue weighted by Crippen LogP contribution is 2.06. The van der Waals surface area contributed by atoms with Crippen molar-refractivity contribution in [1.82, 2.24) is 20.4 Å². The van der Waals surface area contributed by atoms with Crippen LogP contribution in [0, 0.1) is 5.92 Å². The highest BCUT2D eigenvalue weighted by molar-refractivity contribution is 5.95. The quantitative estimate of drug-likeness (QED) is 0.688. The molecule has 8 heteroatoms. The summed E-state index contributed by atoms with van der Waals surface area (Å²) >= 11 is 0. The number of hydrogen-bond acceptors (Lipinski definition) is 5. The van der Waals surface area contributed by atoms with E-state index in [2.05, 4.69) is 15.7 Å². The molecule has 0 fully saturated rings. The van der Waals surface area contributed by atoms with Gasteiger partial charge in [-0.2, -0.15) is 5.10 Å². The number of ether oxygens (including phenoxy) is 1. The molecule has 1 atom stereocenters. The van der Waals surface area contributed by atoms with Gasteiger partial charge in [0.1, 0.15) is 11.7 Å². The number of rotatable bonds is 8. The second kappa shape index (κ2) is 9.04. The molecule has 1 aromatic rings. The van der Waals surface area contributed by atoms with Crippen LogP contribution in [0.3, 0.4) is 0 Å². The highest BCUT2D eigenvalue weighted by Gasteiger charge is 2.22. The maximum absolute atomic E-state index is 12.3. The predicted octanol–water partition coefficient (Wildman–Crippen LogP) is -0.220. The topological polar surface area (TPSA) is 102 Å². The molecule has 23 heavy (non-hydrogen) atoms. The number of methoxy groups -OCH3 is 1. The molecule has 0 saturated heterocycles. The maximum atomic E-state index is 12.3. The van der Waals surface area contributed by atoms with Gasteiger partial charge in [0.05, 0.1) is 13.2 Å². The van der Waals surface area contributed by atoms with Gasteiger partial charge in [0, 0.05) is 20.2 Å². The number of hydrogen-bond donors (Lipinski definition) is 2. The van der Waals surface area contributed by atoms with Crippen LogP contribution >= 0.6 is 0 Å². The Balaban J connectivity index is 2.90. The van der Waals surface area contributed by atoms with Gasteiger partial charge < -0.3 is 15.4 Å². The van der Waals surface area contributed by atoms with Crippen molar-refractivity contribution in [3.05, 3.63) is 28.2 Å².